The van der Waals surface area contributed by atoms with E-state index in [0.29, 0.717) is 5.92 Å². The molecule has 122 valence electrons. The maximum atomic E-state index is 12.7. The maximum Gasteiger partial charge on any atom is 0.254 e. The number of imidazole rings is 1. The molecular formula is C18H24N4O. The van der Waals surface area contributed by atoms with Crippen LogP contribution in [0.25, 0.3) is 11.0 Å². The maximum absolute atomic E-state index is 12.7. The Morgan fingerprint density at radius 3 is 2.61 bits per heavy atom. The molecule has 1 saturated heterocycles. The molecule has 0 atom stereocenters. The van der Waals surface area contributed by atoms with Crippen LogP contribution in [0.4, 0.5) is 0 Å². The molecule has 1 aliphatic heterocycles. The number of piperazine rings is 1. The fourth-order valence-electron chi connectivity index (χ4n) is 3.51. The number of likely N-dealkylation sites (N-methyl/N-ethyl adjacent to an activating group) is 1. The summed E-state index contributed by atoms with van der Waals surface area (Å²) in [4.78, 5) is 21.9. The van der Waals surface area contributed by atoms with Crippen LogP contribution >= 0.6 is 0 Å². The summed E-state index contributed by atoms with van der Waals surface area (Å²) in [5, 5.41) is 0. The van der Waals surface area contributed by atoms with Gasteiger partial charge in [-0.3, -0.25) is 4.79 Å². The van der Waals surface area contributed by atoms with Crippen molar-refractivity contribution in [3.63, 3.8) is 0 Å². The molecule has 1 aliphatic carbocycles. The fraction of sp³-hybridized carbons (Fsp3) is 0.556. The smallest absolute Gasteiger partial charge is 0.254 e. The van der Waals surface area contributed by atoms with E-state index in [2.05, 4.69) is 23.4 Å². The molecule has 2 aromatic rings. The van der Waals surface area contributed by atoms with Crippen molar-refractivity contribution < 1.29 is 4.79 Å². The molecule has 4 rings (SSSR count). The summed E-state index contributed by atoms with van der Waals surface area (Å²) >= 11 is 0. The van der Waals surface area contributed by atoms with Crippen LogP contribution in [0.15, 0.2) is 18.2 Å². The van der Waals surface area contributed by atoms with E-state index in [1.165, 1.54) is 18.7 Å². The van der Waals surface area contributed by atoms with Gasteiger partial charge in [-0.2, -0.15) is 0 Å². The monoisotopic (exact) mass is 312 g/mol. The third kappa shape index (κ3) is 2.63. The van der Waals surface area contributed by atoms with Gasteiger partial charge in [0.1, 0.15) is 5.82 Å². The number of nitrogens with zero attached hydrogens (tertiary/aromatic N) is 4. The summed E-state index contributed by atoms with van der Waals surface area (Å²) in [5.74, 6) is 1.93. The number of amides is 1. The summed E-state index contributed by atoms with van der Waals surface area (Å²) in [7, 11) is 2.08. The van der Waals surface area contributed by atoms with Gasteiger partial charge in [0.2, 0.25) is 0 Å². The number of benzene rings is 1. The van der Waals surface area contributed by atoms with Gasteiger partial charge in [0.25, 0.3) is 5.91 Å². The van der Waals surface area contributed by atoms with Crippen molar-refractivity contribution in [2.24, 2.45) is 7.05 Å². The van der Waals surface area contributed by atoms with Crippen LogP contribution in [0, 0.1) is 0 Å². The van der Waals surface area contributed by atoms with E-state index in [1.807, 2.05) is 23.1 Å². The fourth-order valence-corrected chi connectivity index (χ4v) is 3.51. The van der Waals surface area contributed by atoms with E-state index >= 15 is 0 Å². The van der Waals surface area contributed by atoms with Gasteiger partial charge in [-0.1, -0.05) is 6.92 Å². The van der Waals surface area contributed by atoms with Crippen LogP contribution in [0.5, 0.6) is 0 Å². The molecule has 5 nitrogen and oxygen atoms in total. The van der Waals surface area contributed by atoms with E-state index in [-0.39, 0.29) is 5.91 Å². The van der Waals surface area contributed by atoms with Gasteiger partial charge in [-0.15, -0.1) is 0 Å². The highest BCUT2D eigenvalue weighted by Gasteiger charge is 2.29. The van der Waals surface area contributed by atoms with Crippen molar-refractivity contribution in [2.75, 3.05) is 32.7 Å². The van der Waals surface area contributed by atoms with E-state index in [9.17, 15) is 4.79 Å². The summed E-state index contributed by atoms with van der Waals surface area (Å²) in [6.07, 6.45) is 2.48. The number of carbonyl (C=O) groups excluding carboxylic acids is 1. The van der Waals surface area contributed by atoms with Gasteiger partial charge in [0.05, 0.1) is 11.0 Å². The number of hydrogen-bond donors (Lipinski definition) is 0. The largest absolute Gasteiger partial charge is 0.336 e. The van der Waals surface area contributed by atoms with Crippen molar-refractivity contribution >= 4 is 16.9 Å². The van der Waals surface area contributed by atoms with Gasteiger partial charge in [0, 0.05) is 44.7 Å². The van der Waals surface area contributed by atoms with Crippen molar-refractivity contribution in [2.45, 2.75) is 25.7 Å². The van der Waals surface area contributed by atoms with Gasteiger partial charge >= 0.3 is 0 Å². The molecule has 2 fully saturated rings. The van der Waals surface area contributed by atoms with Gasteiger partial charge in [0.15, 0.2) is 0 Å². The van der Waals surface area contributed by atoms with E-state index < -0.39 is 0 Å². The Balaban J connectivity index is 1.58. The lowest BCUT2D eigenvalue weighted by molar-refractivity contribution is 0.0643. The molecule has 0 radical (unpaired) electrons. The van der Waals surface area contributed by atoms with Crippen LogP contribution in [-0.4, -0.2) is 58.0 Å². The second kappa shape index (κ2) is 5.64. The molecule has 1 aromatic carbocycles. The molecule has 1 aromatic heterocycles. The normalized spacial score (nSPS) is 19.5. The predicted molar refractivity (Wildman–Crippen MR) is 90.7 cm³/mol. The zero-order valence-electron chi connectivity index (χ0n) is 14.0. The first-order chi connectivity index (χ1) is 11.2. The second-order valence-corrected chi connectivity index (χ2v) is 6.73. The molecule has 1 amide bonds. The number of aromatic nitrogens is 2. The van der Waals surface area contributed by atoms with Crippen molar-refractivity contribution in [3.05, 3.63) is 29.6 Å². The minimum Gasteiger partial charge on any atom is -0.336 e. The van der Waals surface area contributed by atoms with Crippen LogP contribution in [0.2, 0.25) is 0 Å². The predicted octanol–water partition coefficient (Wildman–Crippen LogP) is 2.23. The number of aryl methyl sites for hydroxylation is 1. The SMILES string of the molecule is CCN1CCN(C(=O)c2ccc3c(c2)nc(C2CC2)n3C)CC1. The molecule has 0 bridgehead atoms. The highest BCUT2D eigenvalue weighted by atomic mass is 16.2. The lowest BCUT2D eigenvalue weighted by Gasteiger charge is -2.34. The summed E-state index contributed by atoms with van der Waals surface area (Å²) in [5.41, 5.74) is 2.84. The Hall–Kier alpha value is -1.88. The lowest BCUT2D eigenvalue weighted by atomic mass is 10.1. The minimum absolute atomic E-state index is 0.140. The van der Waals surface area contributed by atoms with Gasteiger partial charge in [-0.05, 0) is 37.6 Å². The first kappa shape index (κ1) is 14.7. The third-order valence-electron chi connectivity index (χ3n) is 5.21. The average molecular weight is 312 g/mol. The second-order valence-electron chi connectivity index (χ2n) is 6.73. The number of fused-ring (bicyclic) bond motifs is 1. The van der Waals surface area contributed by atoms with E-state index in [0.717, 1.165) is 49.3 Å². The molecule has 5 heteroatoms. The Morgan fingerprint density at radius 2 is 1.96 bits per heavy atom. The molecule has 2 aliphatic rings. The third-order valence-corrected chi connectivity index (χ3v) is 5.21. The highest BCUT2D eigenvalue weighted by Crippen LogP contribution is 2.40. The Kier molecular flexibility index (Phi) is 3.60. The number of carbonyl (C=O) groups is 1. The lowest BCUT2D eigenvalue weighted by Crippen LogP contribution is -2.48. The number of rotatable bonds is 3. The van der Waals surface area contributed by atoms with Crippen molar-refractivity contribution in [3.8, 4) is 0 Å². The zero-order chi connectivity index (χ0) is 16.0. The van der Waals surface area contributed by atoms with Crippen LogP contribution in [-0.2, 0) is 7.05 Å². The highest BCUT2D eigenvalue weighted by molar-refractivity contribution is 5.97. The zero-order valence-corrected chi connectivity index (χ0v) is 14.0. The summed E-state index contributed by atoms with van der Waals surface area (Å²) in [6, 6.07) is 5.97. The Labute approximate surface area is 136 Å². The van der Waals surface area contributed by atoms with E-state index in [1.54, 1.807) is 0 Å². The molecule has 23 heavy (non-hydrogen) atoms. The van der Waals surface area contributed by atoms with Crippen LogP contribution < -0.4 is 0 Å². The summed E-state index contributed by atoms with van der Waals surface area (Å²) in [6.45, 7) is 6.82. The van der Waals surface area contributed by atoms with E-state index in [4.69, 9.17) is 4.98 Å². The molecule has 0 N–H and O–H groups in total. The standard InChI is InChI=1S/C18H24N4O/c1-3-21-8-10-22(11-9-21)18(23)14-6-7-16-15(12-14)19-17(20(16)2)13-4-5-13/h6-7,12-13H,3-5,8-11H2,1-2H3. The molecule has 2 heterocycles. The van der Waals surface area contributed by atoms with Gasteiger partial charge < -0.3 is 14.4 Å². The Bertz CT molecular complexity index is 739. The molecular weight excluding hydrogens is 288 g/mol. The topological polar surface area (TPSA) is 41.4 Å². The van der Waals surface area contributed by atoms with Gasteiger partial charge in [-0.25, -0.2) is 4.98 Å². The minimum atomic E-state index is 0.140. The van der Waals surface area contributed by atoms with Crippen molar-refractivity contribution in [1.29, 1.82) is 0 Å². The molecule has 1 saturated carbocycles. The first-order valence-corrected chi connectivity index (χ1v) is 8.65. The van der Waals surface area contributed by atoms with Crippen molar-refractivity contribution in [1.82, 2.24) is 19.4 Å². The number of hydrogen-bond acceptors (Lipinski definition) is 3. The molecule has 0 spiro atoms. The first-order valence-electron chi connectivity index (χ1n) is 8.65. The average Bonchev–Trinajstić information content (AvgIpc) is 3.38. The Morgan fingerprint density at radius 1 is 1.22 bits per heavy atom. The van der Waals surface area contributed by atoms with Crippen LogP contribution in [0.3, 0.4) is 0 Å². The molecule has 0 unspecified atom stereocenters. The van der Waals surface area contributed by atoms with Crippen LogP contribution in [0.1, 0.15) is 41.9 Å². The quantitative estimate of drug-likeness (QED) is 0.873. The summed E-state index contributed by atoms with van der Waals surface area (Å²) < 4.78 is 2.18.